The van der Waals surface area contributed by atoms with Gasteiger partial charge < -0.3 is 20.4 Å². The van der Waals surface area contributed by atoms with Crippen LogP contribution < -0.4 is 16.2 Å². The molecule has 0 bridgehead atoms. The summed E-state index contributed by atoms with van der Waals surface area (Å²) < 4.78 is 5.56. The van der Waals surface area contributed by atoms with Crippen molar-refractivity contribution in [2.24, 2.45) is 5.41 Å². The van der Waals surface area contributed by atoms with Crippen molar-refractivity contribution in [2.45, 2.75) is 29.2 Å². The molecule has 0 aromatic carbocycles. The third-order valence-corrected chi connectivity index (χ3v) is 6.65. The molecule has 0 unspecified atom stereocenters. The summed E-state index contributed by atoms with van der Waals surface area (Å²) in [6.07, 6.45) is 6.44. The highest BCUT2D eigenvalue weighted by Gasteiger charge is 2.38. The van der Waals surface area contributed by atoms with Crippen LogP contribution in [0.1, 0.15) is 19.3 Å². The largest absolute Gasteiger partial charge is 0.382 e. The van der Waals surface area contributed by atoms with Gasteiger partial charge in [0.2, 0.25) is 0 Å². The Morgan fingerprint density at radius 2 is 2.12 bits per heavy atom. The van der Waals surface area contributed by atoms with E-state index in [0.717, 1.165) is 50.5 Å². The fourth-order valence-electron chi connectivity index (χ4n) is 3.53. The molecule has 3 N–H and O–H groups in total. The molecular formula is C17H20ClN5O2S. The SMILES string of the molecule is Nc1nccc(Sc2cnc(N3CCC4(CCOC4)CC3)c(=O)[nH]2)c1Cl. The van der Waals surface area contributed by atoms with Crippen LogP contribution in [0.4, 0.5) is 11.6 Å². The van der Waals surface area contributed by atoms with Crippen LogP contribution in [-0.4, -0.2) is 41.3 Å². The molecule has 0 saturated carbocycles. The molecule has 2 aliphatic rings. The van der Waals surface area contributed by atoms with Crippen molar-refractivity contribution in [3.8, 4) is 0 Å². The summed E-state index contributed by atoms with van der Waals surface area (Å²) in [5.41, 5.74) is 5.83. The number of aromatic nitrogens is 3. The molecule has 0 amide bonds. The molecule has 4 rings (SSSR count). The van der Waals surface area contributed by atoms with Crippen molar-refractivity contribution < 1.29 is 4.74 Å². The summed E-state index contributed by atoms with van der Waals surface area (Å²) in [7, 11) is 0. The fourth-order valence-corrected chi connectivity index (χ4v) is 4.57. The van der Waals surface area contributed by atoms with Crippen LogP contribution >= 0.6 is 23.4 Å². The van der Waals surface area contributed by atoms with Gasteiger partial charge in [-0.3, -0.25) is 4.79 Å². The first kappa shape index (κ1) is 17.6. The number of anilines is 2. The van der Waals surface area contributed by atoms with E-state index in [9.17, 15) is 4.79 Å². The van der Waals surface area contributed by atoms with Crippen LogP contribution in [-0.2, 0) is 4.74 Å². The van der Waals surface area contributed by atoms with Crippen LogP contribution in [0, 0.1) is 5.41 Å². The summed E-state index contributed by atoms with van der Waals surface area (Å²) >= 11 is 7.46. The normalized spacial score (nSPS) is 19.2. The van der Waals surface area contributed by atoms with Crippen LogP contribution in [0.15, 0.2) is 33.2 Å². The van der Waals surface area contributed by atoms with Crippen molar-refractivity contribution >= 4 is 35.0 Å². The highest BCUT2D eigenvalue weighted by Crippen LogP contribution is 2.39. The Morgan fingerprint density at radius 1 is 1.31 bits per heavy atom. The molecule has 2 saturated heterocycles. The Kier molecular flexibility index (Phi) is 4.81. The highest BCUT2D eigenvalue weighted by molar-refractivity contribution is 7.99. The van der Waals surface area contributed by atoms with Crippen LogP contribution in [0.3, 0.4) is 0 Å². The van der Waals surface area contributed by atoms with Crippen molar-refractivity contribution in [3.05, 3.63) is 33.8 Å². The molecule has 0 atom stereocenters. The van der Waals surface area contributed by atoms with Gasteiger partial charge in [0.05, 0.1) is 22.9 Å². The third-order valence-electron chi connectivity index (χ3n) is 5.15. The number of hydrogen-bond donors (Lipinski definition) is 2. The number of pyridine rings is 1. The number of H-pyrrole nitrogens is 1. The first-order valence-corrected chi connectivity index (χ1v) is 9.76. The molecule has 2 fully saturated rings. The van der Waals surface area contributed by atoms with Gasteiger partial charge in [-0.15, -0.1) is 0 Å². The predicted molar refractivity (Wildman–Crippen MR) is 102 cm³/mol. The van der Waals surface area contributed by atoms with E-state index in [1.54, 1.807) is 18.5 Å². The van der Waals surface area contributed by atoms with Crippen molar-refractivity contribution in [1.29, 1.82) is 0 Å². The Hall–Kier alpha value is -1.77. The van der Waals surface area contributed by atoms with Gasteiger partial charge in [-0.05, 0) is 30.7 Å². The molecule has 26 heavy (non-hydrogen) atoms. The molecule has 2 aromatic rings. The maximum atomic E-state index is 12.5. The number of aromatic amines is 1. The second-order valence-electron chi connectivity index (χ2n) is 6.80. The van der Waals surface area contributed by atoms with Crippen LogP contribution in [0.2, 0.25) is 5.02 Å². The van der Waals surface area contributed by atoms with E-state index < -0.39 is 0 Å². The van der Waals surface area contributed by atoms with E-state index in [-0.39, 0.29) is 11.4 Å². The lowest BCUT2D eigenvalue weighted by Crippen LogP contribution is -2.42. The Bertz CT molecular complexity index is 858. The molecule has 2 aromatic heterocycles. The first-order valence-electron chi connectivity index (χ1n) is 8.56. The second-order valence-corrected chi connectivity index (χ2v) is 8.26. The van der Waals surface area contributed by atoms with Crippen LogP contribution in [0.5, 0.6) is 0 Å². The summed E-state index contributed by atoms with van der Waals surface area (Å²) in [5.74, 6) is 0.741. The zero-order valence-corrected chi connectivity index (χ0v) is 15.8. The van der Waals surface area contributed by atoms with E-state index >= 15 is 0 Å². The van der Waals surface area contributed by atoms with Crippen LogP contribution in [0.25, 0.3) is 0 Å². The number of rotatable bonds is 3. The third kappa shape index (κ3) is 3.41. The van der Waals surface area contributed by atoms with E-state index in [1.807, 2.05) is 0 Å². The number of hydrogen-bond acceptors (Lipinski definition) is 7. The highest BCUT2D eigenvalue weighted by atomic mass is 35.5. The molecule has 0 aliphatic carbocycles. The molecule has 0 radical (unpaired) electrons. The minimum absolute atomic E-state index is 0.188. The standard InChI is InChI=1S/C17H20ClN5O2S/c18-13-11(1-5-20-14(13)19)26-12-9-21-15(16(24)22-12)23-6-2-17(3-7-23)4-8-25-10-17/h1,5,9H,2-4,6-8,10H2,(H2,19,20)(H,22,24). The summed E-state index contributed by atoms with van der Waals surface area (Å²) in [5, 5.41) is 0.992. The average molecular weight is 394 g/mol. The number of nitrogen functional groups attached to an aromatic ring is 1. The van der Waals surface area contributed by atoms with Gasteiger partial charge in [-0.2, -0.15) is 0 Å². The number of ether oxygens (including phenoxy) is 1. The first-order chi connectivity index (χ1) is 12.6. The maximum Gasteiger partial charge on any atom is 0.291 e. The van der Waals surface area contributed by atoms with E-state index in [1.165, 1.54) is 11.8 Å². The number of nitrogens with zero attached hydrogens (tertiary/aromatic N) is 3. The van der Waals surface area contributed by atoms with Gasteiger partial charge >= 0.3 is 0 Å². The van der Waals surface area contributed by atoms with Crippen molar-refractivity contribution in [3.63, 3.8) is 0 Å². The average Bonchev–Trinajstić information content (AvgIpc) is 3.08. The number of piperidine rings is 1. The Labute approximate surface area is 160 Å². The molecule has 2 aliphatic heterocycles. The zero-order valence-electron chi connectivity index (χ0n) is 14.2. The van der Waals surface area contributed by atoms with E-state index in [0.29, 0.717) is 21.3 Å². The van der Waals surface area contributed by atoms with Crippen molar-refractivity contribution in [1.82, 2.24) is 15.0 Å². The fraction of sp³-hybridized carbons (Fsp3) is 0.471. The quantitative estimate of drug-likeness (QED) is 0.826. The van der Waals surface area contributed by atoms with Gasteiger partial charge in [-0.1, -0.05) is 23.4 Å². The lowest BCUT2D eigenvalue weighted by molar-refractivity contribution is 0.133. The monoisotopic (exact) mass is 393 g/mol. The van der Waals surface area contributed by atoms with Gasteiger partial charge in [0.25, 0.3) is 5.56 Å². The minimum Gasteiger partial charge on any atom is -0.382 e. The maximum absolute atomic E-state index is 12.5. The zero-order chi connectivity index (χ0) is 18.1. The van der Waals surface area contributed by atoms with E-state index in [2.05, 4.69) is 19.9 Å². The van der Waals surface area contributed by atoms with Gasteiger partial charge in [0.1, 0.15) is 5.82 Å². The summed E-state index contributed by atoms with van der Waals surface area (Å²) in [6.45, 7) is 3.36. The molecule has 9 heteroatoms. The second kappa shape index (κ2) is 7.09. The summed E-state index contributed by atoms with van der Waals surface area (Å²) in [4.78, 5) is 26.5. The number of halogens is 1. The lowest BCUT2D eigenvalue weighted by atomic mass is 9.78. The molecule has 4 heterocycles. The number of nitrogens with two attached hydrogens (primary N) is 1. The van der Waals surface area contributed by atoms with Crippen molar-refractivity contribution in [2.75, 3.05) is 36.9 Å². The smallest absolute Gasteiger partial charge is 0.291 e. The molecule has 1 spiro atoms. The van der Waals surface area contributed by atoms with Gasteiger partial charge in [0, 0.05) is 30.8 Å². The minimum atomic E-state index is -0.188. The molecule has 138 valence electrons. The van der Waals surface area contributed by atoms with Gasteiger partial charge in [0.15, 0.2) is 5.82 Å². The Morgan fingerprint density at radius 3 is 2.81 bits per heavy atom. The Balaban J connectivity index is 1.48. The summed E-state index contributed by atoms with van der Waals surface area (Å²) in [6, 6.07) is 1.75. The molecule has 7 nitrogen and oxygen atoms in total. The number of nitrogens with one attached hydrogen (secondary N) is 1. The lowest BCUT2D eigenvalue weighted by Gasteiger charge is -2.38. The molecular weight excluding hydrogens is 374 g/mol. The van der Waals surface area contributed by atoms with E-state index in [4.69, 9.17) is 22.1 Å². The topological polar surface area (TPSA) is 97.1 Å². The van der Waals surface area contributed by atoms with Gasteiger partial charge in [-0.25, -0.2) is 9.97 Å². The predicted octanol–water partition coefficient (Wildman–Crippen LogP) is 2.56.